The Morgan fingerprint density at radius 3 is 2.82 bits per heavy atom. The van der Waals surface area contributed by atoms with Gasteiger partial charge in [0.25, 0.3) is 0 Å². The molecule has 0 saturated heterocycles. The fraction of sp³-hybridized carbons (Fsp3) is 0.625. The van der Waals surface area contributed by atoms with E-state index in [2.05, 4.69) is 10.2 Å². The van der Waals surface area contributed by atoms with Crippen LogP contribution in [-0.2, 0) is 6.42 Å². The summed E-state index contributed by atoms with van der Waals surface area (Å²) in [4.78, 5) is 0. The lowest BCUT2D eigenvalue weighted by Crippen LogP contribution is -1.94. The van der Waals surface area contributed by atoms with Gasteiger partial charge in [0.1, 0.15) is 5.82 Å². The first-order chi connectivity index (χ1) is 5.27. The number of nitrogens with two attached hydrogens (primary N) is 1. The fourth-order valence-electron chi connectivity index (χ4n) is 1.34. The summed E-state index contributed by atoms with van der Waals surface area (Å²) in [5, 5.41) is 6.84. The SMILES string of the molecule is Cc1[nH]nc(N)c1CC1CC1. The van der Waals surface area contributed by atoms with Crippen LogP contribution in [0.2, 0.25) is 0 Å². The first kappa shape index (κ1) is 6.70. The van der Waals surface area contributed by atoms with Gasteiger partial charge in [-0.2, -0.15) is 5.10 Å². The minimum absolute atomic E-state index is 0.689. The molecule has 0 radical (unpaired) electrons. The maximum absolute atomic E-state index is 5.68. The number of nitrogen functional groups attached to an aromatic ring is 1. The van der Waals surface area contributed by atoms with E-state index in [0.29, 0.717) is 5.82 Å². The number of rotatable bonds is 2. The monoisotopic (exact) mass is 151 g/mol. The molecule has 60 valence electrons. The van der Waals surface area contributed by atoms with E-state index in [-0.39, 0.29) is 0 Å². The highest BCUT2D eigenvalue weighted by Gasteiger charge is 2.24. The Morgan fingerprint density at radius 2 is 2.36 bits per heavy atom. The van der Waals surface area contributed by atoms with Gasteiger partial charge < -0.3 is 5.73 Å². The van der Waals surface area contributed by atoms with Crippen molar-refractivity contribution in [1.82, 2.24) is 10.2 Å². The van der Waals surface area contributed by atoms with Gasteiger partial charge in [-0.25, -0.2) is 0 Å². The van der Waals surface area contributed by atoms with Crippen LogP contribution >= 0.6 is 0 Å². The van der Waals surface area contributed by atoms with Crippen LogP contribution in [-0.4, -0.2) is 10.2 Å². The van der Waals surface area contributed by atoms with E-state index < -0.39 is 0 Å². The molecule has 1 aliphatic carbocycles. The molecule has 1 aliphatic rings. The zero-order valence-electron chi connectivity index (χ0n) is 6.72. The molecule has 0 atom stereocenters. The van der Waals surface area contributed by atoms with Crippen LogP contribution in [0.1, 0.15) is 24.1 Å². The molecule has 1 heterocycles. The number of aromatic nitrogens is 2. The molecule has 0 amide bonds. The number of anilines is 1. The molecule has 0 bridgehead atoms. The van der Waals surface area contributed by atoms with E-state index in [1.54, 1.807) is 0 Å². The Labute approximate surface area is 66.0 Å². The van der Waals surface area contributed by atoms with Gasteiger partial charge in [-0.15, -0.1) is 0 Å². The Kier molecular flexibility index (Phi) is 1.37. The highest BCUT2D eigenvalue weighted by Crippen LogP contribution is 2.34. The van der Waals surface area contributed by atoms with Crippen LogP contribution in [0.25, 0.3) is 0 Å². The van der Waals surface area contributed by atoms with Crippen molar-refractivity contribution in [1.29, 1.82) is 0 Å². The topological polar surface area (TPSA) is 54.7 Å². The second-order valence-corrected chi connectivity index (χ2v) is 3.36. The molecule has 0 aromatic carbocycles. The van der Waals surface area contributed by atoms with Crippen molar-refractivity contribution in [3.8, 4) is 0 Å². The smallest absolute Gasteiger partial charge is 0.148 e. The van der Waals surface area contributed by atoms with E-state index in [4.69, 9.17) is 5.73 Å². The summed E-state index contributed by atoms with van der Waals surface area (Å²) in [7, 11) is 0. The molecular formula is C8H13N3. The third-order valence-corrected chi connectivity index (χ3v) is 2.30. The number of nitrogens with zero attached hydrogens (tertiary/aromatic N) is 1. The lowest BCUT2D eigenvalue weighted by Gasteiger charge is -1.96. The van der Waals surface area contributed by atoms with E-state index in [0.717, 1.165) is 18.0 Å². The first-order valence-corrected chi connectivity index (χ1v) is 4.06. The zero-order valence-corrected chi connectivity index (χ0v) is 6.72. The summed E-state index contributed by atoms with van der Waals surface area (Å²) in [6.45, 7) is 2.03. The number of aromatic amines is 1. The van der Waals surface area contributed by atoms with Crippen molar-refractivity contribution < 1.29 is 0 Å². The second-order valence-electron chi connectivity index (χ2n) is 3.36. The normalized spacial score (nSPS) is 17.2. The quantitative estimate of drug-likeness (QED) is 0.668. The van der Waals surface area contributed by atoms with Gasteiger partial charge in [0.2, 0.25) is 0 Å². The predicted molar refractivity (Wildman–Crippen MR) is 44.2 cm³/mol. The number of nitrogens with one attached hydrogen (secondary N) is 1. The Hall–Kier alpha value is -0.990. The van der Waals surface area contributed by atoms with Crippen LogP contribution in [0.15, 0.2) is 0 Å². The number of H-pyrrole nitrogens is 1. The third kappa shape index (κ3) is 1.23. The molecule has 1 aromatic heterocycles. The molecule has 2 rings (SSSR count). The van der Waals surface area contributed by atoms with E-state index in [1.807, 2.05) is 6.92 Å². The van der Waals surface area contributed by atoms with Crippen molar-refractivity contribution >= 4 is 5.82 Å². The van der Waals surface area contributed by atoms with E-state index in [1.165, 1.54) is 18.4 Å². The van der Waals surface area contributed by atoms with E-state index >= 15 is 0 Å². The molecule has 3 nitrogen and oxygen atoms in total. The van der Waals surface area contributed by atoms with Crippen molar-refractivity contribution in [3.63, 3.8) is 0 Å². The summed E-state index contributed by atoms with van der Waals surface area (Å²) in [6.07, 6.45) is 3.85. The van der Waals surface area contributed by atoms with Crippen molar-refractivity contribution in [3.05, 3.63) is 11.3 Å². The first-order valence-electron chi connectivity index (χ1n) is 4.06. The van der Waals surface area contributed by atoms with Gasteiger partial charge in [-0.3, -0.25) is 5.10 Å². The molecule has 0 spiro atoms. The zero-order chi connectivity index (χ0) is 7.84. The van der Waals surface area contributed by atoms with Crippen LogP contribution in [0, 0.1) is 12.8 Å². The minimum Gasteiger partial charge on any atom is -0.382 e. The van der Waals surface area contributed by atoms with Crippen molar-refractivity contribution in [2.75, 3.05) is 5.73 Å². The van der Waals surface area contributed by atoms with Gasteiger partial charge in [0.15, 0.2) is 0 Å². The van der Waals surface area contributed by atoms with Gasteiger partial charge in [-0.05, 0) is 32.1 Å². The van der Waals surface area contributed by atoms with Gasteiger partial charge in [0, 0.05) is 11.3 Å². The maximum atomic E-state index is 5.68. The molecule has 0 aliphatic heterocycles. The molecular weight excluding hydrogens is 138 g/mol. The molecule has 3 N–H and O–H groups in total. The summed E-state index contributed by atoms with van der Waals surface area (Å²) in [5.41, 5.74) is 8.04. The summed E-state index contributed by atoms with van der Waals surface area (Å²) < 4.78 is 0. The Bertz CT molecular complexity index is 241. The average molecular weight is 151 g/mol. The van der Waals surface area contributed by atoms with Gasteiger partial charge in [-0.1, -0.05) is 0 Å². The lowest BCUT2D eigenvalue weighted by atomic mass is 10.1. The van der Waals surface area contributed by atoms with E-state index in [9.17, 15) is 0 Å². The third-order valence-electron chi connectivity index (χ3n) is 2.30. The van der Waals surface area contributed by atoms with Crippen LogP contribution in [0.5, 0.6) is 0 Å². The van der Waals surface area contributed by atoms with Crippen molar-refractivity contribution in [2.24, 2.45) is 5.92 Å². The van der Waals surface area contributed by atoms with Crippen LogP contribution in [0.3, 0.4) is 0 Å². The summed E-state index contributed by atoms with van der Waals surface area (Å²) in [5.74, 6) is 1.57. The summed E-state index contributed by atoms with van der Waals surface area (Å²) in [6, 6.07) is 0. The highest BCUT2D eigenvalue weighted by molar-refractivity contribution is 5.41. The Balaban J connectivity index is 2.19. The van der Waals surface area contributed by atoms with Crippen molar-refractivity contribution in [2.45, 2.75) is 26.2 Å². The highest BCUT2D eigenvalue weighted by atomic mass is 15.2. The fourth-order valence-corrected chi connectivity index (χ4v) is 1.34. The van der Waals surface area contributed by atoms with Crippen LogP contribution in [0.4, 0.5) is 5.82 Å². The number of hydrogen-bond acceptors (Lipinski definition) is 2. The predicted octanol–water partition coefficient (Wildman–Crippen LogP) is 1.25. The van der Waals surface area contributed by atoms with Gasteiger partial charge in [0.05, 0.1) is 0 Å². The summed E-state index contributed by atoms with van der Waals surface area (Å²) >= 11 is 0. The number of hydrogen-bond donors (Lipinski definition) is 2. The average Bonchev–Trinajstić information content (AvgIpc) is 2.73. The Morgan fingerprint density at radius 1 is 1.64 bits per heavy atom. The molecule has 3 heteroatoms. The maximum Gasteiger partial charge on any atom is 0.148 e. The standard InChI is InChI=1S/C8H13N3/c1-5-7(4-6-2-3-6)8(9)11-10-5/h6H,2-4H2,1H3,(H3,9,10,11). The second kappa shape index (κ2) is 2.26. The van der Waals surface area contributed by atoms with Crippen LogP contribution < -0.4 is 5.73 Å². The molecule has 0 unspecified atom stereocenters. The number of aryl methyl sites for hydroxylation is 1. The molecule has 1 fully saturated rings. The molecule has 1 saturated carbocycles. The molecule has 11 heavy (non-hydrogen) atoms. The van der Waals surface area contributed by atoms with Gasteiger partial charge >= 0.3 is 0 Å². The minimum atomic E-state index is 0.689. The largest absolute Gasteiger partial charge is 0.382 e. The molecule has 1 aromatic rings. The lowest BCUT2D eigenvalue weighted by molar-refractivity contribution is 0.828.